The molecule has 162 valence electrons. The standard InChI is InChI=1S/C20H13FIN5O3S2/c1-27-16(6-7-25-27)15-4-2-13(22)9-18(15)30-17-5-3-14(8-12(17)10-23)32(28,29)26-20-24-11-19(21)31-20/h2-9,11H,1H3,(H,24,26). The van der Waals surface area contributed by atoms with E-state index < -0.39 is 15.2 Å². The molecule has 2 aromatic carbocycles. The molecule has 0 spiro atoms. The molecule has 32 heavy (non-hydrogen) atoms. The van der Waals surface area contributed by atoms with Gasteiger partial charge in [0.1, 0.15) is 17.6 Å². The summed E-state index contributed by atoms with van der Waals surface area (Å²) < 4.78 is 49.2. The number of hydrogen-bond donors (Lipinski definition) is 1. The number of nitrogens with zero attached hydrogens (tertiary/aromatic N) is 4. The lowest BCUT2D eigenvalue weighted by Crippen LogP contribution is -2.13. The van der Waals surface area contributed by atoms with E-state index in [9.17, 15) is 18.1 Å². The minimum absolute atomic E-state index is 0.0213. The lowest BCUT2D eigenvalue weighted by atomic mass is 10.1. The van der Waals surface area contributed by atoms with Gasteiger partial charge in [0, 0.05) is 22.4 Å². The molecule has 0 amide bonds. The van der Waals surface area contributed by atoms with E-state index in [0.29, 0.717) is 17.1 Å². The monoisotopic (exact) mass is 581 g/mol. The number of aromatic nitrogens is 3. The van der Waals surface area contributed by atoms with Crippen LogP contribution in [0.25, 0.3) is 11.3 Å². The molecule has 0 saturated carbocycles. The van der Waals surface area contributed by atoms with Crippen molar-refractivity contribution in [3.05, 3.63) is 69.1 Å². The molecule has 0 fully saturated rings. The first-order valence-corrected chi connectivity index (χ1v) is 12.3. The van der Waals surface area contributed by atoms with Gasteiger partial charge in [-0.2, -0.15) is 14.8 Å². The van der Waals surface area contributed by atoms with Crippen LogP contribution in [-0.2, 0) is 17.1 Å². The number of rotatable bonds is 6. The first kappa shape index (κ1) is 22.2. The van der Waals surface area contributed by atoms with E-state index in [0.717, 1.165) is 21.0 Å². The summed E-state index contributed by atoms with van der Waals surface area (Å²) in [6, 6.07) is 13.3. The summed E-state index contributed by atoms with van der Waals surface area (Å²) in [6.07, 6.45) is 2.58. The van der Waals surface area contributed by atoms with E-state index >= 15 is 0 Å². The van der Waals surface area contributed by atoms with Crippen molar-refractivity contribution in [2.45, 2.75) is 4.90 Å². The van der Waals surface area contributed by atoms with Crippen molar-refractivity contribution >= 4 is 49.1 Å². The third kappa shape index (κ3) is 4.59. The van der Waals surface area contributed by atoms with Gasteiger partial charge in [-0.15, -0.1) is 0 Å². The molecule has 0 atom stereocenters. The molecule has 8 nitrogen and oxygen atoms in total. The predicted molar refractivity (Wildman–Crippen MR) is 125 cm³/mol. The minimum atomic E-state index is -4.07. The van der Waals surface area contributed by atoms with Crippen LogP contribution in [0.5, 0.6) is 11.5 Å². The number of benzene rings is 2. The summed E-state index contributed by atoms with van der Waals surface area (Å²) in [5.41, 5.74) is 1.60. The summed E-state index contributed by atoms with van der Waals surface area (Å²) >= 11 is 2.71. The zero-order valence-electron chi connectivity index (χ0n) is 16.3. The van der Waals surface area contributed by atoms with Crippen molar-refractivity contribution in [2.75, 3.05) is 4.72 Å². The van der Waals surface area contributed by atoms with Gasteiger partial charge in [-0.1, -0.05) is 11.3 Å². The average Bonchev–Trinajstić information content (AvgIpc) is 3.35. The number of anilines is 1. The van der Waals surface area contributed by atoms with Crippen LogP contribution in [0, 0.1) is 20.0 Å². The molecule has 0 unspecified atom stereocenters. The summed E-state index contributed by atoms with van der Waals surface area (Å²) in [6.45, 7) is 0. The number of thiazole rings is 1. The Labute approximate surface area is 200 Å². The van der Waals surface area contributed by atoms with E-state index in [1.165, 1.54) is 18.2 Å². The molecule has 0 bridgehead atoms. The highest BCUT2D eigenvalue weighted by molar-refractivity contribution is 14.1. The van der Waals surface area contributed by atoms with Crippen LogP contribution < -0.4 is 9.46 Å². The number of nitrogens with one attached hydrogen (secondary N) is 1. The molecular weight excluding hydrogens is 568 g/mol. The molecule has 0 aliphatic rings. The van der Waals surface area contributed by atoms with Gasteiger partial charge in [-0.05, 0) is 65.1 Å². The second-order valence-electron chi connectivity index (χ2n) is 6.43. The first-order valence-electron chi connectivity index (χ1n) is 8.91. The van der Waals surface area contributed by atoms with Crippen molar-refractivity contribution in [3.8, 4) is 28.8 Å². The van der Waals surface area contributed by atoms with Gasteiger partial charge in [-0.3, -0.25) is 9.40 Å². The van der Waals surface area contributed by atoms with Gasteiger partial charge < -0.3 is 4.74 Å². The highest BCUT2D eigenvalue weighted by Crippen LogP contribution is 2.36. The molecular formula is C20H13FIN5O3S2. The second-order valence-corrected chi connectivity index (χ2v) is 10.3. The number of nitriles is 1. The van der Waals surface area contributed by atoms with Crippen molar-refractivity contribution in [1.29, 1.82) is 5.26 Å². The van der Waals surface area contributed by atoms with Gasteiger partial charge >= 0.3 is 0 Å². The number of sulfonamides is 1. The van der Waals surface area contributed by atoms with E-state index in [1.54, 1.807) is 17.9 Å². The van der Waals surface area contributed by atoms with Crippen LogP contribution in [-0.4, -0.2) is 23.2 Å². The summed E-state index contributed by atoms with van der Waals surface area (Å²) in [7, 11) is -2.26. The Morgan fingerprint density at radius 2 is 2.03 bits per heavy atom. The van der Waals surface area contributed by atoms with Gasteiger partial charge in [-0.25, -0.2) is 13.4 Å². The Hall–Kier alpha value is -3.02. The molecule has 2 aromatic heterocycles. The molecule has 4 rings (SSSR count). The highest BCUT2D eigenvalue weighted by Gasteiger charge is 2.20. The molecule has 4 aromatic rings. The fourth-order valence-corrected chi connectivity index (χ4v) is 5.15. The average molecular weight is 581 g/mol. The van der Waals surface area contributed by atoms with Gasteiger partial charge in [0.2, 0.25) is 0 Å². The molecule has 2 heterocycles. The van der Waals surface area contributed by atoms with Crippen LogP contribution in [0.1, 0.15) is 5.56 Å². The van der Waals surface area contributed by atoms with E-state index in [-0.39, 0.29) is 21.3 Å². The molecule has 0 radical (unpaired) electrons. The summed E-state index contributed by atoms with van der Waals surface area (Å²) in [5, 5.41) is 13.1. The maximum absolute atomic E-state index is 13.1. The van der Waals surface area contributed by atoms with E-state index in [1.807, 2.05) is 30.3 Å². The largest absolute Gasteiger partial charge is 0.455 e. The maximum Gasteiger partial charge on any atom is 0.263 e. The van der Waals surface area contributed by atoms with Crippen molar-refractivity contribution in [1.82, 2.24) is 14.8 Å². The third-order valence-corrected chi connectivity index (χ3v) is 7.18. The van der Waals surface area contributed by atoms with E-state index in [2.05, 4.69) is 37.4 Å². The van der Waals surface area contributed by atoms with Crippen molar-refractivity contribution < 1.29 is 17.5 Å². The maximum atomic E-state index is 13.1. The van der Waals surface area contributed by atoms with Crippen molar-refractivity contribution in [2.24, 2.45) is 7.05 Å². The van der Waals surface area contributed by atoms with Gasteiger partial charge in [0.05, 0.1) is 22.3 Å². The number of ether oxygens (including phenoxy) is 1. The van der Waals surface area contributed by atoms with Crippen molar-refractivity contribution in [3.63, 3.8) is 0 Å². The Morgan fingerprint density at radius 1 is 1.22 bits per heavy atom. The van der Waals surface area contributed by atoms with Crippen LogP contribution in [0.3, 0.4) is 0 Å². The molecule has 0 aliphatic heterocycles. The molecule has 0 aliphatic carbocycles. The minimum Gasteiger partial charge on any atom is -0.455 e. The zero-order chi connectivity index (χ0) is 22.9. The van der Waals surface area contributed by atoms with Crippen LogP contribution in [0.2, 0.25) is 0 Å². The van der Waals surface area contributed by atoms with Crippen LogP contribution in [0.15, 0.2) is 59.8 Å². The summed E-state index contributed by atoms with van der Waals surface area (Å²) in [5.74, 6) is 0.682. The summed E-state index contributed by atoms with van der Waals surface area (Å²) in [4.78, 5) is 3.47. The lowest BCUT2D eigenvalue weighted by molar-refractivity contribution is 0.481. The predicted octanol–water partition coefficient (Wildman–Crippen LogP) is 4.75. The van der Waals surface area contributed by atoms with E-state index in [4.69, 9.17) is 4.74 Å². The first-order chi connectivity index (χ1) is 15.3. The van der Waals surface area contributed by atoms with Crippen LogP contribution in [0.4, 0.5) is 9.52 Å². The van der Waals surface area contributed by atoms with Crippen LogP contribution >= 0.6 is 33.9 Å². The fraction of sp³-hybridized carbons (Fsp3) is 0.0500. The topological polar surface area (TPSA) is 110 Å². The normalized spacial score (nSPS) is 11.2. The number of aryl methyl sites for hydroxylation is 1. The Balaban J connectivity index is 1.69. The SMILES string of the molecule is Cn1nccc1-c1ccc(I)cc1Oc1ccc(S(=O)(=O)Nc2ncc(F)s2)cc1C#N. The smallest absolute Gasteiger partial charge is 0.263 e. The lowest BCUT2D eigenvalue weighted by Gasteiger charge is -2.14. The Kier molecular flexibility index (Phi) is 6.13. The van der Waals surface area contributed by atoms with Gasteiger partial charge in [0.25, 0.3) is 10.0 Å². The highest BCUT2D eigenvalue weighted by atomic mass is 127. The third-order valence-electron chi connectivity index (χ3n) is 4.34. The number of halogens is 2. The Bertz CT molecular complexity index is 1460. The number of hydrogen-bond acceptors (Lipinski definition) is 7. The Morgan fingerprint density at radius 3 is 2.69 bits per heavy atom. The molecule has 1 N–H and O–H groups in total. The molecule has 0 saturated heterocycles. The quantitative estimate of drug-likeness (QED) is 0.329. The fourth-order valence-electron chi connectivity index (χ4n) is 2.88. The second kappa shape index (κ2) is 8.85. The van der Waals surface area contributed by atoms with Gasteiger partial charge in [0.15, 0.2) is 10.3 Å². The zero-order valence-corrected chi connectivity index (χ0v) is 20.1. The molecule has 12 heteroatoms.